The van der Waals surface area contributed by atoms with Crippen LogP contribution < -0.4 is 10.2 Å². The number of nitrogens with zero attached hydrogens (tertiary/aromatic N) is 2. The fourth-order valence-electron chi connectivity index (χ4n) is 3.01. The van der Waals surface area contributed by atoms with Crippen LogP contribution in [0.3, 0.4) is 0 Å². The summed E-state index contributed by atoms with van der Waals surface area (Å²) < 4.78 is 0. The fraction of sp³-hybridized carbons (Fsp3) is 0.100. The number of fused-ring (bicyclic) bond motifs is 1. The Kier molecular flexibility index (Phi) is 3.71. The van der Waals surface area contributed by atoms with E-state index in [0.29, 0.717) is 13.1 Å². The Morgan fingerprint density at radius 1 is 1.00 bits per heavy atom. The lowest BCUT2D eigenvalue weighted by molar-refractivity contribution is -0.115. The Labute approximate surface area is 140 Å². The summed E-state index contributed by atoms with van der Waals surface area (Å²) in [7, 11) is 0. The maximum absolute atomic E-state index is 12.0. The molecular weight excluding hydrogens is 298 g/mol. The summed E-state index contributed by atoms with van der Waals surface area (Å²) in [6, 6.07) is 20.3. The summed E-state index contributed by atoms with van der Waals surface area (Å²) in [4.78, 5) is 18.3. The number of carbonyl (C=O) groups excluding carboxylic acids is 1. The molecule has 0 radical (unpaired) electrons. The first-order chi connectivity index (χ1) is 11.8. The van der Waals surface area contributed by atoms with Crippen LogP contribution in [0.1, 0.15) is 5.56 Å². The molecule has 0 atom stereocenters. The average molecular weight is 315 g/mol. The van der Waals surface area contributed by atoms with Crippen LogP contribution in [0, 0.1) is 0 Å². The minimum Gasteiger partial charge on any atom is -0.356 e. The quantitative estimate of drug-likeness (QED) is 0.801. The lowest BCUT2D eigenvalue weighted by Crippen LogP contribution is -2.37. The van der Waals surface area contributed by atoms with Gasteiger partial charge in [-0.3, -0.25) is 9.78 Å². The molecule has 0 unspecified atom stereocenters. The second-order valence-corrected chi connectivity index (χ2v) is 5.86. The van der Waals surface area contributed by atoms with E-state index in [4.69, 9.17) is 0 Å². The molecule has 2 aromatic carbocycles. The van der Waals surface area contributed by atoms with E-state index in [2.05, 4.69) is 33.4 Å². The Balaban J connectivity index is 1.72. The Morgan fingerprint density at radius 3 is 2.67 bits per heavy atom. The third kappa shape index (κ3) is 2.86. The summed E-state index contributed by atoms with van der Waals surface area (Å²) in [6.45, 7) is 1.07. The van der Waals surface area contributed by atoms with Gasteiger partial charge in [0.2, 0.25) is 5.91 Å². The second-order valence-electron chi connectivity index (χ2n) is 5.86. The number of anilines is 2. The maximum Gasteiger partial charge on any atom is 0.243 e. The Bertz CT molecular complexity index is 863. The van der Waals surface area contributed by atoms with Crippen molar-refractivity contribution in [3.8, 4) is 11.1 Å². The predicted molar refractivity (Wildman–Crippen MR) is 95.8 cm³/mol. The molecule has 0 saturated carbocycles. The van der Waals surface area contributed by atoms with Crippen LogP contribution in [-0.2, 0) is 11.3 Å². The normalized spacial score (nSPS) is 13.3. The number of hydrogen-bond acceptors (Lipinski definition) is 3. The van der Waals surface area contributed by atoms with Gasteiger partial charge in [0.25, 0.3) is 0 Å². The van der Waals surface area contributed by atoms with Crippen LogP contribution in [0.5, 0.6) is 0 Å². The van der Waals surface area contributed by atoms with Crippen LogP contribution in [-0.4, -0.2) is 17.4 Å². The fourth-order valence-corrected chi connectivity index (χ4v) is 3.01. The molecule has 4 rings (SSSR count). The smallest absolute Gasteiger partial charge is 0.243 e. The van der Waals surface area contributed by atoms with E-state index in [1.165, 1.54) is 5.56 Å². The van der Waals surface area contributed by atoms with Gasteiger partial charge < -0.3 is 10.2 Å². The van der Waals surface area contributed by atoms with Gasteiger partial charge in [-0.05, 0) is 29.3 Å². The van der Waals surface area contributed by atoms with E-state index in [1.807, 2.05) is 48.7 Å². The largest absolute Gasteiger partial charge is 0.356 e. The molecule has 1 amide bonds. The van der Waals surface area contributed by atoms with Crippen molar-refractivity contribution >= 4 is 17.3 Å². The summed E-state index contributed by atoms with van der Waals surface area (Å²) >= 11 is 0. The summed E-state index contributed by atoms with van der Waals surface area (Å²) in [5.41, 5.74) is 5.24. The zero-order valence-corrected chi connectivity index (χ0v) is 13.1. The van der Waals surface area contributed by atoms with Crippen LogP contribution in [0.4, 0.5) is 11.4 Å². The van der Waals surface area contributed by atoms with Gasteiger partial charge in [-0.1, -0.05) is 42.5 Å². The van der Waals surface area contributed by atoms with Gasteiger partial charge >= 0.3 is 0 Å². The molecule has 2 heterocycles. The van der Waals surface area contributed by atoms with Crippen molar-refractivity contribution < 1.29 is 4.79 Å². The van der Waals surface area contributed by atoms with E-state index < -0.39 is 0 Å². The molecule has 0 spiro atoms. The number of pyridine rings is 1. The highest BCUT2D eigenvalue weighted by molar-refractivity contribution is 6.01. The Hall–Kier alpha value is -3.14. The molecule has 0 fully saturated rings. The molecule has 0 bridgehead atoms. The molecule has 3 aromatic rings. The molecule has 1 aromatic heterocycles. The van der Waals surface area contributed by atoms with Gasteiger partial charge in [-0.15, -0.1) is 0 Å². The van der Waals surface area contributed by atoms with Crippen molar-refractivity contribution in [3.63, 3.8) is 0 Å². The highest BCUT2D eigenvalue weighted by Crippen LogP contribution is 2.34. The van der Waals surface area contributed by atoms with E-state index in [-0.39, 0.29) is 5.91 Å². The van der Waals surface area contributed by atoms with E-state index in [0.717, 1.165) is 22.5 Å². The molecule has 4 heteroatoms. The van der Waals surface area contributed by atoms with Crippen molar-refractivity contribution in [2.75, 3.05) is 16.8 Å². The van der Waals surface area contributed by atoms with Crippen LogP contribution in [0.25, 0.3) is 11.1 Å². The van der Waals surface area contributed by atoms with Crippen LogP contribution in [0.15, 0.2) is 73.1 Å². The number of carbonyl (C=O) groups is 1. The molecule has 1 aliphatic rings. The van der Waals surface area contributed by atoms with Gasteiger partial charge in [-0.2, -0.15) is 0 Å². The average Bonchev–Trinajstić information content (AvgIpc) is 2.63. The number of aromatic nitrogens is 1. The summed E-state index contributed by atoms with van der Waals surface area (Å²) in [5.74, 6) is 0.0209. The second kappa shape index (κ2) is 6.16. The minimum atomic E-state index is 0.0209. The lowest BCUT2D eigenvalue weighted by atomic mass is 10.0. The van der Waals surface area contributed by atoms with Crippen LogP contribution >= 0.6 is 0 Å². The zero-order valence-electron chi connectivity index (χ0n) is 13.1. The van der Waals surface area contributed by atoms with E-state index >= 15 is 0 Å². The number of amides is 1. The van der Waals surface area contributed by atoms with Crippen LogP contribution in [0.2, 0.25) is 0 Å². The minimum absolute atomic E-state index is 0.0209. The first-order valence-electron chi connectivity index (χ1n) is 7.93. The SMILES string of the molecule is O=C1CN(Cc2ccccc2)c2cc(-c3cccnc3)ccc2N1. The Morgan fingerprint density at radius 2 is 1.88 bits per heavy atom. The number of benzene rings is 2. The molecular formula is C20H17N3O. The predicted octanol–water partition coefficient (Wildman–Crippen LogP) is 3.71. The van der Waals surface area contributed by atoms with Gasteiger partial charge in [0.1, 0.15) is 0 Å². The van der Waals surface area contributed by atoms with Gasteiger partial charge in [0.15, 0.2) is 0 Å². The number of nitrogens with one attached hydrogen (secondary N) is 1. The molecule has 1 aliphatic heterocycles. The molecule has 0 saturated heterocycles. The summed E-state index contributed by atoms with van der Waals surface area (Å²) in [5, 5.41) is 2.96. The topological polar surface area (TPSA) is 45.2 Å². The third-order valence-corrected chi connectivity index (χ3v) is 4.16. The number of rotatable bonds is 3. The van der Waals surface area contributed by atoms with Crippen molar-refractivity contribution in [2.45, 2.75) is 6.54 Å². The van der Waals surface area contributed by atoms with Crippen molar-refractivity contribution in [1.29, 1.82) is 0 Å². The first-order valence-corrected chi connectivity index (χ1v) is 7.93. The van der Waals surface area contributed by atoms with E-state index in [9.17, 15) is 4.79 Å². The van der Waals surface area contributed by atoms with Crippen molar-refractivity contribution in [3.05, 3.63) is 78.6 Å². The van der Waals surface area contributed by atoms with Crippen molar-refractivity contribution in [2.24, 2.45) is 0 Å². The molecule has 0 aliphatic carbocycles. The van der Waals surface area contributed by atoms with Crippen molar-refractivity contribution in [1.82, 2.24) is 4.98 Å². The molecule has 118 valence electrons. The van der Waals surface area contributed by atoms with Gasteiger partial charge in [0, 0.05) is 24.5 Å². The maximum atomic E-state index is 12.0. The van der Waals surface area contributed by atoms with Gasteiger partial charge in [0.05, 0.1) is 17.9 Å². The van der Waals surface area contributed by atoms with E-state index in [1.54, 1.807) is 6.20 Å². The molecule has 24 heavy (non-hydrogen) atoms. The highest BCUT2D eigenvalue weighted by Gasteiger charge is 2.22. The zero-order chi connectivity index (χ0) is 16.4. The third-order valence-electron chi connectivity index (χ3n) is 4.16. The highest BCUT2D eigenvalue weighted by atomic mass is 16.2. The number of hydrogen-bond donors (Lipinski definition) is 1. The lowest BCUT2D eigenvalue weighted by Gasteiger charge is -2.31. The molecule has 1 N–H and O–H groups in total. The monoisotopic (exact) mass is 315 g/mol. The van der Waals surface area contributed by atoms with Gasteiger partial charge in [-0.25, -0.2) is 0 Å². The first kappa shape index (κ1) is 14.5. The standard InChI is InChI=1S/C20H17N3O/c24-20-14-23(13-15-5-2-1-3-6-15)19-11-16(8-9-18(19)22-20)17-7-4-10-21-12-17/h1-12H,13-14H2,(H,22,24). The summed E-state index contributed by atoms with van der Waals surface area (Å²) in [6.07, 6.45) is 3.62. The molecule has 4 nitrogen and oxygen atoms in total.